The number of ether oxygens (including phenoxy) is 2. The highest BCUT2D eigenvalue weighted by molar-refractivity contribution is 6.32. The Balaban J connectivity index is 3.04. The highest BCUT2D eigenvalue weighted by Gasteiger charge is 2.11. The average molecular weight is 258 g/mol. The van der Waals surface area contributed by atoms with Crippen LogP contribution in [0.4, 0.5) is 0 Å². The minimum absolute atomic E-state index is 0.0361. The number of aliphatic imine (C=N–C) groups is 1. The van der Waals surface area contributed by atoms with Gasteiger partial charge in [-0.15, -0.1) is 0 Å². The van der Waals surface area contributed by atoms with Crippen LogP contribution in [0.3, 0.4) is 0 Å². The van der Waals surface area contributed by atoms with E-state index in [1.54, 1.807) is 19.2 Å². The summed E-state index contributed by atoms with van der Waals surface area (Å²) in [6.45, 7) is 2.75. The lowest BCUT2D eigenvalue weighted by molar-refractivity contribution is 0.311. The fourth-order valence-corrected chi connectivity index (χ4v) is 1.62. The van der Waals surface area contributed by atoms with Crippen molar-refractivity contribution in [3.63, 3.8) is 0 Å². The summed E-state index contributed by atoms with van der Waals surface area (Å²) < 4.78 is 10.6. The van der Waals surface area contributed by atoms with Gasteiger partial charge in [0, 0.05) is 0 Å². The van der Waals surface area contributed by atoms with Crippen molar-refractivity contribution in [1.82, 2.24) is 0 Å². The molecule has 0 spiro atoms. The Hall–Kier alpha value is -1.62. The molecule has 17 heavy (non-hydrogen) atoms. The standard InChI is InChI=1S/C11H16ClN3O2/c1-3-17-10-8(12)4-7(5-9(10)16-2)6-15-11(13)14/h4-5H,3,6H2,1-2H3,(H4,13,14,15). The van der Waals surface area contributed by atoms with Crippen LogP contribution in [-0.2, 0) is 6.54 Å². The van der Waals surface area contributed by atoms with Crippen LogP contribution >= 0.6 is 11.6 Å². The van der Waals surface area contributed by atoms with Crippen molar-refractivity contribution in [3.8, 4) is 11.5 Å². The average Bonchev–Trinajstić information content (AvgIpc) is 2.29. The molecule has 0 saturated heterocycles. The molecule has 1 aromatic rings. The first-order valence-electron chi connectivity index (χ1n) is 5.13. The van der Waals surface area contributed by atoms with Gasteiger partial charge in [0.25, 0.3) is 0 Å². The number of nitrogens with two attached hydrogens (primary N) is 2. The third kappa shape index (κ3) is 3.71. The topological polar surface area (TPSA) is 82.9 Å². The van der Waals surface area contributed by atoms with Gasteiger partial charge in [-0.05, 0) is 24.6 Å². The van der Waals surface area contributed by atoms with Crippen LogP contribution in [-0.4, -0.2) is 19.7 Å². The second kappa shape index (κ2) is 6.20. The maximum absolute atomic E-state index is 6.09. The van der Waals surface area contributed by atoms with Crippen LogP contribution in [0, 0.1) is 0 Å². The van der Waals surface area contributed by atoms with Crippen LogP contribution in [0.25, 0.3) is 0 Å². The van der Waals surface area contributed by atoms with E-state index in [1.165, 1.54) is 0 Å². The summed E-state index contributed by atoms with van der Waals surface area (Å²) in [5.74, 6) is 1.14. The van der Waals surface area contributed by atoms with Gasteiger partial charge in [-0.2, -0.15) is 0 Å². The zero-order valence-electron chi connectivity index (χ0n) is 9.87. The predicted octanol–water partition coefficient (Wildman–Crippen LogP) is 1.52. The molecule has 0 atom stereocenters. The molecule has 0 bridgehead atoms. The number of guanidine groups is 1. The molecule has 5 nitrogen and oxygen atoms in total. The minimum atomic E-state index is 0.0361. The molecule has 0 radical (unpaired) electrons. The zero-order chi connectivity index (χ0) is 12.8. The third-order valence-corrected chi connectivity index (χ3v) is 2.30. The van der Waals surface area contributed by atoms with E-state index >= 15 is 0 Å². The maximum atomic E-state index is 6.09. The number of nitrogens with zero attached hydrogens (tertiary/aromatic N) is 1. The molecule has 94 valence electrons. The largest absolute Gasteiger partial charge is 0.493 e. The molecule has 0 unspecified atom stereocenters. The molecule has 1 rings (SSSR count). The van der Waals surface area contributed by atoms with Gasteiger partial charge < -0.3 is 20.9 Å². The maximum Gasteiger partial charge on any atom is 0.186 e. The molecule has 1 aromatic carbocycles. The monoisotopic (exact) mass is 257 g/mol. The fourth-order valence-electron chi connectivity index (χ4n) is 1.33. The molecule has 0 amide bonds. The molecule has 0 aromatic heterocycles. The van der Waals surface area contributed by atoms with Gasteiger partial charge in [-0.3, -0.25) is 0 Å². The molecule has 0 aliphatic carbocycles. The molecule has 0 saturated carbocycles. The molecule has 4 N–H and O–H groups in total. The lowest BCUT2D eigenvalue weighted by Crippen LogP contribution is -2.22. The van der Waals surface area contributed by atoms with Crippen molar-refractivity contribution in [2.45, 2.75) is 13.5 Å². The van der Waals surface area contributed by atoms with E-state index in [-0.39, 0.29) is 5.96 Å². The van der Waals surface area contributed by atoms with Crippen molar-refractivity contribution < 1.29 is 9.47 Å². The van der Waals surface area contributed by atoms with E-state index in [0.717, 1.165) is 5.56 Å². The Morgan fingerprint density at radius 1 is 1.41 bits per heavy atom. The van der Waals surface area contributed by atoms with Crippen LogP contribution in [0.5, 0.6) is 11.5 Å². The second-order valence-corrected chi connectivity index (χ2v) is 3.69. The summed E-state index contributed by atoms with van der Waals surface area (Å²) >= 11 is 6.09. The molecular weight excluding hydrogens is 242 g/mol. The van der Waals surface area contributed by atoms with Crippen LogP contribution in [0.15, 0.2) is 17.1 Å². The van der Waals surface area contributed by atoms with Crippen molar-refractivity contribution in [1.29, 1.82) is 0 Å². The minimum Gasteiger partial charge on any atom is -0.493 e. The highest BCUT2D eigenvalue weighted by Crippen LogP contribution is 2.36. The Morgan fingerprint density at radius 2 is 2.12 bits per heavy atom. The molecular formula is C11H16ClN3O2. The van der Waals surface area contributed by atoms with E-state index in [1.807, 2.05) is 6.92 Å². The lowest BCUT2D eigenvalue weighted by Gasteiger charge is -2.12. The van der Waals surface area contributed by atoms with Crippen molar-refractivity contribution in [2.75, 3.05) is 13.7 Å². The zero-order valence-corrected chi connectivity index (χ0v) is 10.6. The Morgan fingerprint density at radius 3 is 2.65 bits per heavy atom. The number of halogens is 1. The first-order chi connectivity index (χ1) is 8.08. The number of benzene rings is 1. The van der Waals surface area contributed by atoms with Crippen LogP contribution in [0.1, 0.15) is 12.5 Å². The second-order valence-electron chi connectivity index (χ2n) is 3.28. The quantitative estimate of drug-likeness (QED) is 0.619. The van der Waals surface area contributed by atoms with Gasteiger partial charge in [-0.1, -0.05) is 11.6 Å². The highest BCUT2D eigenvalue weighted by atomic mass is 35.5. The fraction of sp³-hybridized carbons (Fsp3) is 0.364. The predicted molar refractivity (Wildman–Crippen MR) is 68.7 cm³/mol. The number of rotatable bonds is 5. The molecule has 0 aliphatic heterocycles. The summed E-state index contributed by atoms with van der Waals surface area (Å²) in [5, 5.41) is 0.479. The molecule has 0 heterocycles. The number of hydrogen-bond donors (Lipinski definition) is 2. The summed E-state index contributed by atoms with van der Waals surface area (Å²) in [6.07, 6.45) is 0. The van der Waals surface area contributed by atoms with Gasteiger partial charge in [0.05, 0.1) is 25.3 Å². The van der Waals surface area contributed by atoms with Crippen molar-refractivity contribution >= 4 is 17.6 Å². The summed E-state index contributed by atoms with van der Waals surface area (Å²) in [6, 6.07) is 3.55. The summed E-state index contributed by atoms with van der Waals surface area (Å²) in [7, 11) is 1.55. The van der Waals surface area contributed by atoms with Gasteiger partial charge >= 0.3 is 0 Å². The van der Waals surface area contributed by atoms with Crippen LogP contribution in [0.2, 0.25) is 5.02 Å². The van der Waals surface area contributed by atoms with Crippen LogP contribution < -0.4 is 20.9 Å². The SMILES string of the molecule is CCOc1c(Cl)cc(CN=C(N)N)cc1OC. The van der Waals surface area contributed by atoms with Crippen molar-refractivity contribution in [3.05, 3.63) is 22.7 Å². The van der Waals surface area contributed by atoms with E-state index in [9.17, 15) is 0 Å². The van der Waals surface area contributed by atoms with Gasteiger partial charge in [0.15, 0.2) is 17.5 Å². The number of methoxy groups -OCH3 is 1. The first-order valence-corrected chi connectivity index (χ1v) is 5.50. The summed E-state index contributed by atoms with van der Waals surface area (Å²) in [4.78, 5) is 3.90. The van der Waals surface area contributed by atoms with Gasteiger partial charge in [0.2, 0.25) is 0 Å². The normalized spacial score (nSPS) is 9.82. The van der Waals surface area contributed by atoms with Gasteiger partial charge in [0.1, 0.15) is 0 Å². The lowest BCUT2D eigenvalue weighted by atomic mass is 10.2. The first kappa shape index (κ1) is 13.4. The molecule has 0 fully saturated rings. The third-order valence-electron chi connectivity index (χ3n) is 2.02. The Bertz CT molecular complexity index is 417. The van der Waals surface area contributed by atoms with Gasteiger partial charge in [-0.25, -0.2) is 4.99 Å². The van der Waals surface area contributed by atoms with E-state index < -0.39 is 0 Å². The summed E-state index contributed by atoms with van der Waals surface area (Å²) in [5.41, 5.74) is 11.4. The number of hydrogen-bond acceptors (Lipinski definition) is 3. The Kier molecular flexibility index (Phi) is 4.90. The van der Waals surface area contributed by atoms with E-state index in [2.05, 4.69) is 4.99 Å². The smallest absolute Gasteiger partial charge is 0.186 e. The van der Waals surface area contributed by atoms with Crippen molar-refractivity contribution in [2.24, 2.45) is 16.5 Å². The Labute approximate surface area is 105 Å². The molecule has 6 heteroatoms. The van der Waals surface area contributed by atoms with E-state index in [4.69, 9.17) is 32.5 Å². The van der Waals surface area contributed by atoms with E-state index in [0.29, 0.717) is 29.7 Å². The molecule has 0 aliphatic rings.